The molecule has 1 heterocycles. The van der Waals surface area contributed by atoms with Gasteiger partial charge in [-0.1, -0.05) is 118 Å². The molecule has 1 amide bonds. The molecule has 8 atom stereocenters. The lowest BCUT2D eigenvalue weighted by Gasteiger charge is -2.42. The van der Waals surface area contributed by atoms with Crippen LogP contribution in [0.1, 0.15) is 119 Å². The SMILES string of the molecule is C=C(NC(C)C(C)c1ccccc1)C(C)C(CC)C1CCCN1C(=C)CC(CC)C(C(C)CC)N(C)C(=O)CC(C)C. The molecular weight excluding hydrogens is 514 g/mol. The maximum absolute atomic E-state index is 13.2. The lowest BCUT2D eigenvalue weighted by molar-refractivity contribution is -0.135. The Morgan fingerprint density at radius 1 is 0.976 bits per heavy atom. The zero-order valence-corrected chi connectivity index (χ0v) is 29.0. The Morgan fingerprint density at radius 3 is 2.17 bits per heavy atom. The van der Waals surface area contributed by atoms with Crippen LogP contribution in [0, 0.1) is 29.6 Å². The van der Waals surface area contributed by atoms with Gasteiger partial charge in [-0.15, -0.1) is 0 Å². The van der Waals surface area contributed by atoms with E-state index in [0.717, 1.165) is 37.9 Å². The highest BCUT2D eigenvalue weighted by atomic mass is 16.2. The number of carbonyl (C=O) groups excluding carboxylic acids is 1. The number of nitrogens with zero attached hydrogens (tertiary/aromatic N) is 2. The number of hydrogen-bond donors (Lipinski definition) is 1. The van der Waals surface area contributed by atoms with E-state index in [4.69, 9.17) is 6.58 Å². The van der Waals surface area contributed by atoms with Crippen molar-refractivity contribution in [2.24, 2.45) is 29.6 Å². The van der Waals surface area contributed by atoms with E-state index in [0.29, 0.717) is 54.0 Å². The van der Waals surface area contributed by atoms with Crippen LogP contribution in [0.15, 0.2) is 54.9 Å². The fourth-order valence-corrected chi connectivity index (χ4v) is 7.43. The Bertz CT molecular complexity index is 972. The lowest BCUT2D eigenvalue weighted by atomic mass is 9.80. The smallest absolute Gasteiger partial charge is 0.222 e. The Kier molecular flexibility index (Phi) is 14.7. The van der Waals surface area contributed by atoms with Gasteiger partial charge >= 0.3 is 0 Å². The highest BCUT2D eigenvalue weighted by Gasteiger charge is 2.38. The normalized spacial score (nSPS) is 20.4. The fourth-order valence-electron chi connectivity index (χ4n) is 7.43. The predicted octanol–water partition coefficient (Wildman–Crippen LogP) is 9.26. The van der Waals surface area contributed by atoms with Gasteiger partial charge in [-0.05, 0) is 61.3 Å². The maximum Gasteiger partial charge on any atom is 0.222 e. The van der Waals surface area contributed by atoms with Crippen LogP contribution < -0.4 is 5.32 Å². The molecule has 8 unspecified atom stereocenters. The first-order chi connectivity index (χ1) is 19.9. The number of allylic oxidation sites excluding steroid dienone is 2. The van der Waals surface area contributed by atoms with Crippen LogP contribution in [0.25, 0.3) is 0 Å². The molecule has 2 rings (SSSR count). The average molecular weight is 580 g/mol. The molecule has 1 aliphatic rings. The molecule has 0 spiro atoms. The van der Waals surface area contributed by atoms with E-state index in [9.17, 15) is 4.79 Å². The summed E-state index contributed by atoms with van der Waals surface area (Å²) in [5, 5.41) is 3.80. The standard InChI is InChI=1S/C38H65N3O/c1-13-27(6)38(40(12)37(42)24-26(4)5)33(14-2)25-28(7)41-23-19-22-36(41)35(15-3)30(9)32(11)39-31(10)29(8)34-20-17-16-18-21-34/h16-18,20-21,26-27,29-31,33,35-36,38-39H,7,11,13-15,19,22-25H2,1-6,8-10,12H3. The number of carbonyl (C=O) groups is 1. The van der Waals surface area contributed by atoms with Crippen LogP contribution in [0.4, 0.5) is 0 Å². The summed E-state index contributed by atoms with van der Waals surface area (Å²) in [6, 6.07) is 11.8. The van der Waals surface area contributed by atoms with Gasteiger partial charge in [-0.3, -0.25) is 4.79 Å². The molecule has 1 aliphatic heterocycles. The Balaban J connectivity index is 2.15. The van der Waals surface area contributed by atoms with E-state index < -0.39 is 0 Å². The molecule has 4 heteroatoms. The first-order valence-electron chi connectivity index (χ1n) is 17.1. The van der Waals surface area contributed by atoms with Crippen molar-refractivity contribution in [1.82, 2.24) is 15.1 Å². The van der Waals surface area contributed by atoms with E-state index in [-0.39, 0.29) is 11.9 Å². The first-order valence-corrected chi connectivity index (χ1v) is 17.1. The molecule has 0 bridgehead atoms. The van der Waals surface area contributed by atoms with Crippen LogP contribution in [0.5, 0.6) is 0 Å². The third-order valence-corrected chi connectivity index (χ3v) is 10.5. The Labute approximate surface area is 260 Å². The van der Waals surface area contributed by atoms with Crippen molar-refractivity contribution >= 4 is 5.91 Å². The van der Waals surface area contributed by atoms with E-state index in [1.165, 1.54) is 24.1 Å². The van der Waals surface area contributed by atoms with Gasteiger partial charge in [0.15, 0.2) is 0 Å². The molecule has 0 saturated carbocycles. The summed E-state index contributed by atoms with van der Waals surface area (Å²) < 4.78 is 0. The second-order valence-electron chi connectivity index (χ2n) is 13.8. The first kappa shape index (κ1) is 36.0. The zero-order valence-electron chi connectivity index (χ0n) is 29.0. The second-order valence-corrected chi connectivity index (χ2v) is 13.8. The number of likely N-dealkylation sites (tertiary alicyclic amines) is 1. The quantitative estimate of drug-likeness (QED) is 0.188. The van der Waals surface area contributed by atoms with E-state index >= 15 is 0 Å². The van der Waals surface area contributed by atoms with Crippen LogP contribution >= 0.6 is 0 Å². The van der Waals surface area contributed by atoms with Crippen LogP contribution in [-0.2, 0) is 4.79 Å². The molecule has 1 fully saturated rings. The lowest BCUT2D eigenvalue weighted by Crippen LogP contribution is -2.47. The van der Waals surface area contributed by atoms with E-state index in [2.05, 4.69) is 114 Å². The Morgan fingerprint density at radius 2 is 1.62 bits per heavy atom. The minimum absolute atomic E-state index is 0.238. The summed E-state index contributed by atoms with van der Waals surface area (Å²) in [7, 11) is 2.04. The topological polar surface area (TPSA) is 35.6 Å². The molecule has 0 aliphatic carbocycles. The number of hydrogen-bond acceptors (Lipinski definition) is 3. The third-order valence-electron chi connectivity index (χ3n) is 10.5. The van der Waals surface area contributed by atoms with Crippen molar-refractivity contribution in [3.63, 3.8) is 0 Å². The van der Waals surface area contributed by atoms with Crippen molar-refractivity contribution in [2.75, 3.05) is 13.6 Å². The van der Waals surface area contributed by atoms with E-state index in [1.807, 2.05) is 7.05 Å². The van der Waals surface area contributed by atoms with E-state index in [1.54, 1.807) is 0 Å². The van der Waals surface area contributed by atoms with Gasteiger partial charge in [-0.25, -0.2) is 0 Å². The highest BCUT2D eigenvalue weighted by molar-refractivity contribution is 5.76. The molecule has 4 nitrogen and oxygen atoms in total. The maximum atomic E-state index is 13.2. The van der Waals surface area contributed by atoms with Gasteiger partial charge in [0.25, 0.3) is 0 Å². The summed E-state index contributed by atoms with van der Waals surface area (Å²) in [6.07, 6.45) is 7.25. The predicted molar refractivity (Wildman–Crippen MR) is 182 cm³/mol. The molecule has 0 aromatic heterocycles. The number of benzene rings is 1. The van der Waals surface area contributed by atoms with Crippen molar-refractivity contribution in [3.8, 4) is 0 Å². The molecule has 42 heavy (non-hydrogen) atoms. The molecule has 1 aromatic rings. The van der Waals surface area contributed by atoms with Gasteiger partial charge in [-0.2, -0.15) is 0 Å². The molecule has 238 valence electrons. The largest absolute Gasteiger partial charge is 0.386 e. The van der Waals surface area contributed by atoms with Crippen molar-refractivity contribution in [2.45, 2.75) is 131 Å². The Hall–Kier alpha value is -2.23. The molecule has 0 radical (unpaired) electrons. The fraction of sp³-hybridized carbons (Fsp3) is 0.711. The molecule has 1 saturated heterocycles. The summed E-state index contributed by atoms with van der Waals surface area (Å²) in [5.41, 5.74) is 3.78. The van der Waals surface area contributed by atoms with Gasteiger partial charge in [0.2, 0.25) is 5.91 Å². The van der Waals surface area contributed by atoms with Crippen molar-refractivity contribution in [1.29, 1.82) is 0 Å². The van der Waals surface area contributed by atoms with Gasteiger partial charge in [0.05, 0.1) is 0 Å². The summed E-state index contributed by atoms with van der Waals surface area (Å²) in [5.74, 6) is 2.81. The molecule has 1 N–H and O–H groups in total. The van der Waals surface area contributed by atoms with Crippen molar-refractivity contribution < 1.29 is 4.79 Å². The summed E-state index contributed by atoms with van der Waals surface area (Å²) >= 11 is 0. The average Bonchev–Trinajstić information content (AvgIpc) is 3.46. The van der Waals surface area contributed by atoms with Gasteiger partial charge < -0.3 is 15.1 Å². The third kappa shape index (κ3) is 9.38. The summed E-state index contributed by atoms with van der Waals surface area (Å²) in [4.78, 5) is 17.9. The van der Waals surface area contributed by atoms with Crippen molar-refractivity contribution in [3.05, 3.63) is 60.4 Å². The minimum atomic E-state index is 0.238. The monoisotopic (exact) mass is 580 g/mol. The number of amides is 1. The zero-order chi connectivity index (χ0) is 31.6. The van der Waals surface area contributed by atoms with Gasteiger partial charge in [0.1, 0.15) is 0 Å². The minimum Gasteiger partial charge on any atom is -0.386 e. The summed E-state index contributed by atoms with van der Waals surface area (Å²) in [6.45, 7) is 30.8. The highest BCUT2D eigenvalue weighted by Crippen LogP contribution is 2.38. The number of nitrogens with one attached hydrogen (secondary N) is 1. The molecular formula is C38H65N3O. The molecule has 1 aromatic carbocycles. The van der Waals surface area contributed by atoms with Crippen LogP contribution in [0.2, 0.25) is 0 Å². The van der Waals surface area contributed by atoms with Gasteiger partial charge in [0, 0.05) is 55.5 Å². The van der Waals surface area contributed by atoms with Crippen LogP contribution in [-0.4, -0.2) is 47.4 Å². The second kappa shape index (κ2) is 17.2. The van der Waals surface area contributed by atoms with Crippen LogP contribution in [0.3, 0.4) is 0 Å². The number of rotatable bonds is 18.